The summed E-state index contributed by atoms with van der Waals surface area (Å²) in [5.74, 6) is -0.553. The molecule has 0 radical (unpaired) electrons. The second kappa shape index (κ2) is 6.74. The number of likely N-dealkylation sites (N-methyl/N-ethyl adjacent to an activating group) is 1. The van der Waals surface area contributed by atoms with Crippen molar-refractivity contribution >= 4 is 5.91 Å². The number of aryl methyl sites for hydroxylation is 1. The molecule has 8 heteroatoms. The van der Waals surface area contributed by atoms with Crippen LogP contribution in [0.15, 0.2) is 6.07 Å². The van der Waals surface area contributed by atoms with Crippen molar-refractivity contribution in [2.75, 3.05) is 26.2 Å². The first-order chi connectivity index (χ1) is 9.29. The summed E-state index contributed by atoms with van der Waals surface area (Å²) in [6.07, 6.45) is -4.54. The smallest absolute Gasteiger partial charge is 0.349 e. The van der Waals surface area contributed by atoms with Crippen LogP contribution < -0.4 is 5.32 Å². The van der Waals surface area contributed by atoms with Crippen molar-refractivity contribution in [1.29, 1.82) is 0 Å². The highest BCUT2D eigenvalue weighted by Gasteiger charge is 2.35. The maximum atomic E-state index is 12.5. The number of carbonyl (C=O) groups excluding carboxylic acids is 1. The van der Waals surface area contributed by atoms with Gasteiger partial charge < -0.3 is 10.2 Å². The molecule has 1 amide bonds. The van der Waals surface area contributed by atoms with Gasteiger partial charge in [-0.25, -0.2) is 0 Å². The molecule has 0 saturated carbocycles. The fourth-order valence-corrected chi connectivity index (χ4v) is 1.78. The van der Waals surface area contributed by atoms with E-state index in [1.165, 1.54) is 7.05 Å². The molecule has 0 fully saturated rings. The van der Waals surface area contributed by atoms with E-state index < -0.39 is 17.8 Å². The molecule has 20 heavy (non-hydrogen) atoms. The van der Waals surface area contributed by atoms with Gasteiger partial charge in [-0.2, -0.15) is 18.3 Å². The summed E-state index contributed by atoms with van der Waals surface area (Å²) >= 11 is 0. The molecular weight excluding hydrogens is 273 g/mol. The molecule has 1 rings (SSSR count). The number of carbonyl (C=O) groups is 1. The predicted octanol–water partition coefficient (Wildman–Crippen LogP) is 1.51. The zero-order chi connectivity index (χ0) is 15.3. The number of hydrogen-bond acceptors (Lipinski definition) is 3. The van der Waals surface area contributed by atoms with Crippen molar-refractivity contribution in [1.82, 2.24) is 20.0 Å². The molecule has 0 aliphatic heterocycles. The lowest BCUT2D eigenvalue weighted by Crippen LogP contribution is -2.35. The van der Waals surface area contributed by atoms with E-state index in [2.05, 4.69) is 15.3 Å². The zero-order valence-corrected chi connectivity index (χ0v) is 11.8. The van der Waals surface area contributed by atoms with E-state index in [1.807, 2.05) is 13.8 Å². The Morgan fingerprint density at radius 1 is 1.40 bits per heavy atom. The van der Waals surface area contributed by atoms with Crippen LogP contribution in [-0.2, 0) is 13.2 Å². The Labute approximate surface area is 115 Å². The Balaban J connectivity index is 2.62. The summed E-state index contributed by atoms with van der Waals surface area (Å²) in [6.45, 7) is 6.76. The van der Waals surface area contributed by atoms with Crippen molar-refractivity contribution in [2.45, 2.75) is 20.0 Å². The van der Waals surface area contributed by atoms with Gasteiger partial charge in [0.2, 0.25) is 0 Å². The first kappa shape index (κ1) is 16.5. The Kier molecular flexibility index (Phi) is 5.55. The summed E-state index contributed by atoms with van der Waals surface area (Å²) in [6, 6.07) is 0.757. The predicted molar refractivity (Wildman–Crippen MR) is 68.3 cm³/mol. The Hall–Kier alpha value is -1.57. The van der Waals surface area contributed by atoms with Gasteiger partial charge >= 0.3 is 6.18 Å². The Bertz CT molecular complexity index is 452. The first-order valence-electron chi connectivity index (χ1n) is 6.41. The van der Waals surface area contributed by atoms with Gasteiger partial charge in [0.1, 0.15) is 5.69 Å². The lowest BCUT2D eigenvalue weighted by molar-refractivity contribution is -0.141. The van der Waals surface area contributed by atoms with Crippen LogP contribution in [0.5, 0.6) is 0 Å². The molecule has 0 aliphatic carbocycles. The minimum atomic E-state index is -4.54. The Morgan fingerprint density at radius 3 is 2.45 bits per heavy atom. The van der Waals surface area contributed by atoms with Crippen molar-refractivity contribution in [3.05, 3.63) is 17.5 Å². The zero-order valence-electron chi connectivity index (χ0n) is 11.8. The molecule has 0 saturated heterocycles. The fraction of sp³-hybridized carbons (Fsp3) is 0.667. The Morgan fingerprint density at radius 2 is 2.00 bits per heavy atom. The molecule has 1 heterocycles. The second-order valence-electron chi connectivity index (χ2n) is 4.32. The van der Waals surface area contributed by atoms with Gasteiger partial charge in [0.05, 0.1) is 0 Å². The van der Waals surface area contributed by atoms with Crippen LogP contribution in [0.3, 0.4) is 0 Å². The van der Waals surface area contributed by atoms with E-state index in [0.29, 0.717) is 13.1 Å². The fourth-order valence-electron chi connectivity index (χ4n) is 1.78. The summed E-state index contributed by atoms with van der Waals surface area (Å²) < 4.78 is 38.4. The van der Waals surface area contributed by atoms with Gasteiger partial charge in [-0.15, -0.1) is 0 Å². The number of nitrogens with one attached hydrogen (secondary N) is 1. The standard InChI is InChI=1S/C12H19F3N4O/c1-4-19(5-2)7-6-16-11(20)9-8-10(12(13,14)15)17-18(9)3/h8H,4-7H2,1-3H3,(H,16,20). The summed E-state index contributed by atoms with van der Waals surface area (Å²) in [5.41, 5.74) is -1.16. The quantitative estimate of drug-likeness (QED) is 0.864. The van der Waals surface area contributed by atoms with E-state index >= 15 is 0 Å². The third-order valence-electron chi connectivity index (χ3n) is 3.01. The van der Waals surface area contributed by atoms with E-state index in [-0.39, 0.29) is 5.69 Å². The number of rotatable bonds is 6. The molecule has 0 unspecified atom stereocenters. The molecule has 0 aliphatic rings. The molecule has 0 atom stereocenters. The number of alkyl halides is 3. The lowest BCUT2D eigenvalue weighted by atomic mass is 10.3. The molecular formula is C12H19F3N4O. The van der Waals surface area contributed by atoms with E-state index in [1.54, 1.807) is 0 Å². The largest absolute Gasteiger partial charge is 0.435 e. The van der Waals surface area contributed by atoms with Gasteiger partial charge in [-0.1, -0.05) is 13.8 Å². The highest BCUT2D eigenvalue weighted by atomic mass is 19.4. The lowest BCUT2D eigenvalue weighted by Gasteiger charge is -2.17. The minimum absolute atomic E-state index is 0.100. The maximum absolute atomic E-state index is 12.5. The average Bonchev–Trinajstić information content (AvgIpc) is 2.76. The summed E-state index contributed by atoms with van der Waals surface area (Å²) in [5, 5.41) is 5.89. The van der Waals surface area contributed by atoms with Gasteiger partial charge in [0.25, 0.3) is 5.91 Å². The van der Waals surface area contributed by atoms with Crippen LogP contribution in [0.2, 0.25) is 0 Å². The topological polar surface area (TPSA) is 50.2 Å². The van der Waals surface area contributed by atoms with Crippen LogP contribution in [0.4, 0.5) is 13.2 Å². The second-order valence-corrected chi connectivity index (χ2v) is 4.32. The SMILES string of the molecule is CCN(CC)CCNC(=O)c1cc(C(F)(F)F)nn1C. The van der Waals surface area contributed by atoms with Crippen LogP contribution in [0, 0.1) is 0 Å². The van der Waals surface area contributed by atoms with Crippen molar-refractivity contribution < 1.29 is 18.0 Å². The number of hydrogen-bond donors (Lipinski definition) is 1. The molecule has 0 spiro atoms. The van der Waals surface area contributed by atoms with E-state index in [4.69, 9.17) is 0 Å². The molecule has 5 nitrogen and oxygen atoms in total. The highest BCUT2D eigenvalue weighted by molar-refractivity contribution is 5.92. The number of nitrogens with zero attached hydrogens (tertiary/aromatic N) is 3. The number of halogens is 3. The third kappa shape index (κ3) is 4.22. The number of aromatic nitrogens is 2. The van der Waals surface area contributed by atoms with Crippen molar-refractivity contribution in [3.63, 3.8) is 0 Å². The molecule has 1 aromatic rings. The average molecular weight is 292 g/mol. The van der Waals surface area contributed by atoms with Gasteiger partial charge in [0.15, 0.2) is 5.69 Å². The van der Waals surface area contributed by atoms with Gasteiger partial charge in [-0.3, -0.25) is 9.48 Å². The highest BCUT2D eigenvalue weighted by Crippen LogP contribution is 2.28. The molecule has 1 N–H and O–H groups in total. The monoisotopic (exact) mass is 292 g/mol. The molecule has 114 valence electrons. The van der Waals surface area contributed by atoms with Gasteiger partial charge in [0, 0.05) is 26.2 Å². The van der Waals surface area contributed by atoms with E-state index in [9.17, 15) is 18.0 Å². The van der Waals surface area contributed by atoms with Crippen molar-refractivity contribution in [3.8, 4) is 0 Å². The van der Waals surface area contributed by atoms with Crippen molar-refractivity contribution in [2.24, 2.45) is 7.05 Å². The van der Waals surface area contributed by atoms with Crippen LogP contribution in [-0.4, -0.2) is 46.8 Å². The maximum Gasteiger partial charge on any atom is 0.435 e. The van der Waals surface area contributed by atoms with Crippen LogP contribution in [0.1, 0.15) is 30.0 Å². The molecule has 0 aromatic carbocycles. The van der Waals surface area contributed by atoms with Crippen LogP contribution >= 0.6 is 0 Å². The number of amides is 1. The van der Waals surface area contributed by atoms with E-state index in [0.717, 1.165) is 23.8 Å². The minimum Gasteiger partial charge on any atom is -0.349 e. The van der Waals surface area contributed by atoms with Crippen LogP contribution in [0.25, 0.3) is 0 Å². The van der Waals surface area contributed by atoms with Gasteiger partial charge in [-0.05, 0) is 13.1 Å². The summed E-state index contributed by atoms with van der Waals surface area (Å²) in [7, 11) is 1.31. The molecule has 1 aromatic heterocycles. The molecule has 0 bridgehead atoms. The third-order valence-corrected chi connectivity index (χ3v) is 3.01. The first-order valence-corrected chi connectivity index (χ1v) is 6.41. The summed E-state index contributed by atoms with van der Waals surface area (Å²) in [4.78, 5) is 13.9. The normalized spacial score (nSPS) is 11.9.